The van der Waals surface area contributed by atoms with E-state index in [0.717, 1.165) is 45.9 Å². The highest BCUT2D eigenvalue weighted by Crippen LogP contribution is 2.11. The van der Waals surface area contributed by atoms with Gasteiger partial charge in [0.15, 0.2) is 0 Å². The standard InChI is InChI=1S/C14H26N4O/c1-3-5-15-9-14-12-19-7-6-17(14)10-13-8-16-18(4-2)11-13/h8,11,14-15H,3-7,9-10,12H2,1-2H3. The fraction of sp³-hybridized carbons (Fsp3) is 0.786. The highest BCUT2D eigenvalue weighted by molar-refractivity contribution is 5.04. The first kappa shape index (κ1) is 14.5. The number of morpholine rings is 1. The maximum absolute atomic E-state index is 5.60. The van der Waals surface area contributed by atoms with Crippen LogP contribution in [0.2, 0.25) is 0 Å². The summed E-state index contributed by atoms with van der Waals surface area (Å²) in [6, 6.07) is 0.477. The molecule has 5 heteroatoms. The second kappa shape index (κ2) is 7.62. The fourth-order valence-corrected chi connectivity index (χ4v) is 2.43. The van der Waals surface area contributed by atoms with Crippen LogP contribution in [0.1, 0.15) is 25.8 Å². The van der Waals surface area contributed by atoms with Crippen LogP contribution in [0.15, 0.2) is 12.4 Å². The number of nitrogens with one attached hydrogen (secondary N) is 1. The summed E-state index contributed by atoms with van der Waals surface area (Å²) in [5.74, 6) is 0. The molecule has 19 heavy (non-hydrogen) atoms. The molecule has 1 aliphatic rings. The Bertz CT molecular complexity index is 366. The Labute approximate surface area is 115 Å². The van der Waals surface area contributed by atoms with E-state index in [4.69, 9.17) is 4.74 Å². The van der Waals surface area contributed by atoms with E-state index in [1.54, 1.807) is 0 Å². The third-order valence-corrected chi connectivity index (χ3v) is 3.55. The van der Waals surface area contributed by atoms with Crippen LogP contribution in [0.5, 0.6) is 0 Å². The smallest absolute Gasteiger partial charge is 0.0635 e. The van der Waals surface area contributed by atoms with Crippen LogP contribution < -0.4 is 5.32 Å². The molecule has 1 aromatic rings. The number of ether oxygens (including phenoxy) is 1. The molecule has 1 unspecified atom stereocenters. The highest BCUT2D eigenvalue weighted by Gasteiger charge is 2.22. The van der Waals surface area contributed by atoms with Crippen LogP contribution in [-0.2, 0) is 17.8 Å². The predicted octanol–water partition coefficient (Wildman–Crippen LogP) is 1.10. The lowest BCUT2D eigenvalue weighted by Gasteiger charge is -2.35. The van der Waals surface area contributed by atoms with Gasteiger partial charge in [-0.3, -0.25) is 9.58 Å². The van der Waals surface area contributed by atoms with Gasteiger partial charge in [-0.15, -0.1) is 0 Å². The zero-order chi connectivity index (χ0) is 13.5. The molecule has 108 valence electrons. The van der Waals surface area contributed by atoms with Crippen molar-refractivity contribution in [3.63, 3.8) is 0 Å². The zero-order valence-corrected chi connectivity index (χ0v) is 12.1. The van der Waals surface area contributed by atoms with Crippen molar-refractivity contribution in [1.82, 2.24) is 20.0 Å². The molecule has 0 saturated carbocycles. The molecule has 2 heterocycles. The third kappa shape index (κ3) is 4.30. The van der Waals surface area contributed by atoms with Gasteiger partial charge in [0, 0.05) is 44.0 Å². The summed E-state index contributed by atoms with van der Waals surface area (Å²) < 4.78 is 7.59. The van der Waals surface area contributed by atoms with Gasteiger partial charge in [-0.2, -0.15) is 5.10 Å². The Hall–Kier alpha value is -0.910. The maximum atomic E-state index is 5.60. The minimum atomic E-state index is 0.477. The summed E-state index contributed by atoms with van der Waals surface area (Å²) in [6.45, 7) is 11.0. The van der Waals surface area contributed by atoms with Crippen molar-refractivity contribution in [3.8, 4) is 0 Å². The lowest BCUT2D eigenvalue weighted by atomic mass is 10.2. The van der Waals surface area contributed by atoms with Gasteiger partial charge in [-0.25, -0.2) is 0 Å². The van der Waals surface area contributed by atoms with Gasteiger partial charge in [-0.1, -0.05) is 6.92 Å². The third-order valence-electron chi connectivity index (χ3n) is 3.55. The van der Waals surface area contributed by atoms with E-state index >= 15 is 0 Å². The zero-order valence-electron chi connectivity index (χ0n) is 12.1. The molecule has 1 saturated heterocycles. The minimum Gasteiger partial charge on any atom is -0.378 e. The second-order valence-electron chi connectivity index (χ2n) is 5.11. The van der Waals surface area contributed by atoms with Gasteiger partial charge in [-0.05, 0) is 19.9 Å². The van der Waals surface area contributed by atoms with E-state index in [2.05, 4.69) is 35.4 Å². The summed E-state index contributed by atoms with van der Waals surface area (Å²) in [4.78, 5) is 2.50. The van der Waals surface area contributed by atoms with Crippen molar-refractivity contribution in [2.75, 3.05) is 32.8 Å². The van der Waals surface area contributed by atoms with E-state index in [-0.39, 0.29) is 0 Å². The molecule has 1 N–H and O–H groups in total. The SMILES string of the molecule is CCCNCC1COCCN1Cc1cnn(CC)c1. The van der Waals surface area contributed by atoms with Gasteiger partial charge >= 0.3 is 0 Å². The molecular formula is C14H26N4O. The lowest BCUT2D eigenvalue weighted by Crippen LogP contribution is -2.49. The van der Waals surface area contributed by atoms with Crippen LogP contribution in [0.25, 0.3) is 0 Å². The van der Waals surface area contributed by atoms with Crippen LogP contribution in [-0.4, -0.2) is 53.6 Å². The van der Waals surface area contributed by atoms with E-state index in [0.29, 0.717) is 6.04 Å². The molecule has 0 bridgehead atoms. The molecule has 0 radical (unpaired) electrons. The Morgan fingerprint density at radius 1 is 1.47 bits per heavy atom. The Balaban J connectivity index is 1.87. The number of aromatic nitrogens is 2. The normalized spacial score (nSPS) is 20.8. The first-order chi connectivity index (χ1) is 9.33. The molecule has 1 fully saturated rings. The monoisotopic (exact) mass is 266 g/mol. The molecule has 1 aliphatic heterocycles. The van der Waals surface area contributed by atoms with Gasteiger partial charge in [0.25, 0.3) is 0 Å². The molecular weight excluding hydrogens is 240 g/mol. The van der Waals surface area contributed by atoms with Crippen molar-refractivity contribution >= 4 is 0 Å². The van der Waals surface area contributed by atoms with Gasteiger partial charge in [0.2, 0.25) is 0 Å². The second-order valence-corrected chi connectivity index (χ2v) is 5.11. The minimum absolute atomic E-state index is 0.477. The number of nitrogens with zero attached hydrogens (tertiary/aromatic N) is 3. The molecule has 5 nitrogen and oxygen atoms in total. The topological polar surface area (TPSA) is 42.3 Å². The van der Waals surface area contributed by atoms with E-state index in [9.17, 15) is 0 Å². The van der Waals surface area contributed by atoms with E-state index < -0.39 is 0 Å². The Morgan fingerprint density at radius 2 is 2.37 bits per heavy atom. The summed E-state index contributed by atoms with van der Waals surface area (Å²) in [5, 5.41) is 7.84. The first-order valence-electron chi connectivity index (χ1n) is 7.37. The van der Waals surface area contributed by atoms with Crippen LogP contribution in [0, 0.1) is 0 Å². The van der Waals surface area contributed by atoms with Crippen LogP contribution in [0.3, 0.4) is 0 Å². The first-order valence-corrected chi connectivity index (χ1v) is 7.37. The van der Waals surface area contributed by atoms with E-state index in [1.807, 2.05) is 10.9 Å². The fourth-order valence-electron chi connectivity index (χ4n) is 2.43. The van der Waals surface area contributed by atoms with Crippen LogP contribution >= 0.6 is 0 Å². The van der Waals surface area contributed by atoms with Gasteiger partial charge in [0.05, 0.1) is 19.4 Å². The van der Waals surface area contributed by atoms with E-state index in [1.165, 1.54) is 12.0 Å². The van der Waals surface area contributed by atoms with Gasteiger partial charge < -0.3 is 10.1 Å². The number of hydrogen-bond acceptors (Lipinski definition) is 4. The van der Waals surface area contributed by atoms with Crippen molar-refractivity contribution in [2.24, 2.45) is 0 Å². The molecule has 2 rings (SSSR count). The van der Waals surface area contributed by atoms with Crippen molar-refractivity contribution < 1.29 is 4.74 Å². The molecule has 1 atom stereocenters. The van der Waals surface area contributed by atoms with Crippen molar-refractivity contribution in [3.05, 3.63) is 18.0 Å². The molecule has 0 aromatic carbocycles. The molecule has 1 aromatic heterocycles. The number of rotatable bonds is 7. The summed E-state index contributed by atoms with van der Waals surface area (Å²) >= 11 is 0. The molecule has 0 aliphatic carbocycles. The average molecular weight is 266 g/mol. The lowest BCUT2D eigenvalue weighted by molar-refractivity contribution is -0.0108. The quantitative estimate of drug-likeness (QED) is 0.751. The Morgan fingerprint density at radius 3 is 3.11 bits per heavy atom. The van der Waals surface area contributed by atoms with Crippen molar-refractivity contribution in [2.45, 2.75) is 39.4 Å². The summed E-state index contributed by atoms with van der Waals surface area (Å²) in [5.41, 5.74) is 1.30. The number of hydrogen-bond donors (Lipinski definition) is 1. The molecule has 0 spiro atoms. The number of aryl methyl sites for hydroxylation is 1. The van der Waals surface area contributed by atoms with Gasteiger partial charge in [0.1, 0.15) is 0 Å². The maximum Gasteiger partial charge on any atom is 0.0635 e. The van der Waals surface area contributed by atoms with Crippen LogP contribution in [0.4, 0.5) is 0 Å². The average Bonchev–Trinajstić information content (AvgIpc) is 2.89. The largest absolute Gasteiger partial charge is 0.378 e. The molecule has 0 amide bonds. The summed E-state index contributed by atoms with van der Waals surface area (Å²) in [7, 11) is 0. The summed E-state index contributed by atoms with van der Waals surface area (Å²) in [6.07, 6.45) is 5.30. The van der Waals surface area contributed by atoms with Crippen molar-refractivity contribution in [1.29, 1.82) is 0 Å². The highest BCUT2D eigenvalue weighted by atomic mass is 16.5. The predicted molar refractivity (Wildman–Crippen MR) is 76.1 cm³/mol. The Kier molecular flexibility index (Phi) is 5.82.